The Morgan fingerprint density at radius 2 is 2.16 bits per heavy atom. The van der Waals surface area contributed by atoms with Crippen molar-refractivity contribution in [1.82, 2.24) is 15.2 Å². The minimum absolute atomic E-state index is 0.0351. The lowest BCUT2D eigenvalue weighted by Crippen LogP contribution is -2.30. The van der Waals surface area contributed by atoms with E-state index in [2.05, 4.69) is 27.8 Å². The van der Waals surface area contributed by atoms with Crippen LogP contribution in [0.1, 0.15) is 29.5 Å². The zero-order valence-corrected chi connectivity index (χ0v) is 17.7. The average molecular weight is 423 g/mol. The minimum Gasteiger partial charge on any atom is -0.496 e. The number of carbonyl (C=O) groups excluding carboxylic acids is 1. The van der Waals surface area contributed by atoms with Gasteiger partial charge in [0.25, 0.3) is 0 Å². The number of halogens is 1. The summed E-state index contributed by atoms with van der Waals surface area (Å²) < 4.78 is 19.2. The third-order valence-corrected chi connectivity index (χ3v) is 5.58. The first-order valence-corrected chi connectivity index (χ1v) is 10.6. The number of aromatic nitrogens is 1. The van der Waals surface area contributed by atoms with Gasteiger partial charge in [-0.3, -0.25) is 4.79 Å². The van der Waals surface area contributed by atoms with E-state index in [0.29, 0.717) is 31.7 Å². The maximum atomic E-state index is 13.8. The van der Waals surface area contributed by atoms with Crippen LogP contribution in [0.5, 0.6) is 5.75 Å². The molecule has 162 valence electrons. The van der Waals surface area contributed by atoms with Gasteiger partial charge in [-0.1, -0.05) is 6.08 Å². The van der Waals surface area contributed by atoms with Crippen molar-refractivity contribution in [3.63, 3.8) is 0 Å². The molecular formula is C24H27FN4O2. The van der Waals surface area contributed by atoms with Gasteiger partial charge in [0, 0.05) is 56.1 Å². The molecule has 1 aromatic heterocycles. The van der Waals surface area contributed by atoms with E-state index in [1.807, 2.05) is 11.0 Å². The average Bonchev–Trinajstić information content (AvgIpc) is 3.18. The molecule has 0 radical (unpaired) electrons. The maximum Gasteiger partial charge on any atom is 0.246 e. The number of ether oxygens (including phenoxy) is 1. The van der Waals surface area contributed by atoms with E-state index in [9.17, 15) is 9.18 Å². The SMILES string of the molecule is COc1ccc(F)cc1C1=CCCN(C(=O)/C=C/c2cnc3c(c2)CNCCN3)CC1. The van der Waals surface area contributed by atoms with Gasteiger partial charge in [0.05, 0.1) is 7.11 Å². The summed E-state index contributed by atoms with van der Waals surface area (Å²) >= 11 is 0. The Balaban J connectivity index is 1.41. The molecule has 2 N–H and O–H groups in total. The molecule has 0 saturated carbocycles. The van der Waals surface area contributed by atoms with Gasteiger partial charge in [-0.05, 0) is 54.3 Å². The van der Waals surface area contributed by atoms with Crippen LogP contribution in [0, 0.1) is 5.82 Å². The van der Waals surface area contributed by atoms with Crippen LogP contribution in [0.3, 0.4) is 0 Å². The molecule has 0 bridgehead atoms. The molecule has 2 aliphatic rings. The number of nitrogens with one attached hydrogen (secondary N) is 2. The van der Waals surface area contributed by atoms with Crippen LogP contribution in [0.4, 0.5) is 10.2 Å². The van der Waals surface area contributed by atoms with Gasteiger partial charge in [0.1, 0.15) is 17.4 Å². The first-order chi connectivity index (χ1) is 15.1. The summed E-state index contributed by atoms with van der Waals surface area (Å²) in [6.45, 7) is 3.70. The molecule has 31 heavy (non-hydrogen) atoms. The lowest BCUT2D eigenvalue weighted by molar-refractivity contribution is -0.125. The number of pyridine rings is 1. The number of methoxy groups -OCH3 is 1. The summed E-state index contributed by atoms with van der Waals surface area (Å²) in [5, 5.41) is 6.64. The van der Waals surface area contributed by atoms with Crippen molar-refractivity contribution in [3.8, 4) is 5.75 Å². The maximum absolute atomic E-state index is 13.8. The lowest BCUT2D eigenvalue weighted by Gasteiger charge is -2.19. The van der Waals surface area contributed by atoms with Crippen LogP contribution in [0.2, 0.25) is 0 Å². The second kappa shape index (κ2) is 9.75. The highest BCUT2D eigenvalue weighted by atomic mass is 19.1. The number of fused-ring (bicyclic) bond motifs is 1. The molecule has 0 fully saturated rings. The summed E-state index contributed by atoms with van der Waals surface area (Å²) in [6, 6.07) is 6.58. The van der Waals surface area contributed by atoms with E-state index in [-0.39, 0.29) is 11.7 Å². The highest BCUT2D eigenvalue weighted by Gasteiger charge is 2.17. The van der Waals surface area contributed by atoms with E-state index in [4.69, 9.17) is 4.74 Å². The number of amides is 1. The highest BCUT2D eigenvalue weighted by Crippen LogP contribution is 2.31. The van der Waals surface area contributed by atoms with Gasteiger partial charge in [-0.2, -0.15) is 0 Å². The normalized spacial score (nSPS) is 16.7. The first-order valence-electron chi connectivity index (χ1n) is 10.6. The van der Waals surface area contributed by atoms with Crippen LogP contribution >= 0.6 is 0 Å². The molecule has 0 spiro atoms. The molecule has 0 atom stereocenters. The Morgan fingerprint density at radius 3 is 3.03 bits per heavy atom. The van der Waals surface area contributed by atoms with Crippen molar-refractivity contribution in [2.75, 3.05) is 38.6 Å². The van der Waals surface area contributed by atoms with E-state index >= 15 is 0 Å². The first kappa shape index (κ1) is 21.1. The molecule has 0 aliphatic carbocycles. The van der Waals surface area contributed by atoms with Crippen molar-refractivity contribution in [1.29, 1.82) is 0 Å². The van der Waals surface area contributed by atoms with E-state index in [1.165, 1.54) is 12.1 Å². The predicted molar refractivity (Wildman–Crippen MR) is 120 cm³/mol. The smallest absolute Gasteiger partial charge is 0.246 e. The Morgan fingerprint density at radius 1 is 1.26 bits per heavy atom. The van der Waals surface area contributed by atoms with Crippen molar-refractivity contribution >= 4 is 23.4 Å². The zero-order chi connectivity index (χ0) is 21.6. The van der Waals surface area contributed by atoms with Gasteiger partial charge >= 0.3 is 0 Å². The molecule has 6 nitrogen and oxygen atoms in total. The van der Waals surface area contributed by atoms with Crippen molar-refractivity contribution in [2.24, 2.45) is 0 Å². The molecule has 2 aromatic rings. The van der Waals surface area contributed by atoms with Crippen molar-refractivity contribution in [3.05, 3.63) is 65.1 Å². The third kappa shape index (κ3) is 5.11. The number of carbonyl (C=O) groups is 1. The fourth-order valence-electron chi connectivity index (χ4n) is 3.94. The molecule has 0 saturated heterocycles. The minimum atomic E-state index is -0.295. The molecule has 7 heteroatoms. The molecule has 1 amide bonds. The van der Waals surface area contributed by atoms with Crippen LogP contribution in [-0.2, 0) is 11.3 Å². The van der Waals surface area contributed by atoms with Crippen molar-refractivity contribution < 1.29 is 13.9 Å². The van der Waals surface area contributed by atoms with Gasteiger partial charge in [0.15, 0.2) is 0 Å². The van der Waals surface area contributed by atoms with Crippen LogP contribution in [0.15, 0.2) is 42.6 Å². The van der Waals surface area contributed by atoms with Crippen LogP contribution in [-0.4, -0.2) is 49.1 Å². The number of hydrogen-bond acceptors (Lipinski definition) is 5. The Hall–Kier alpha value is -3.19. The number of benzene rings is 1. The zero-order valence-electron chi connectivity index (χ0n) is 17.7. The second-order valence-corrected chi connectivity index (χ2v) is 7.65. The summed E-state index contributed by atoms with van der Waals surface area (Å²) in [5.74, 6) is 1.21. The molecule has 4 rings (SSSR count). The largest absolute Gasteiger partial charge is 0.496 e. The second-order valence-electron chi connectivity index (χ2n) is 7.65. The highest BCUT2D eigenvalue weighted by molar-refractivity contribution is 5.92. The Bertz CT molecular complexity index is 1020. The van der Waals surface area contributed by atoms with E-state index in [0.717, 1.165) is 47.7 Å². The summed E-state index contributed by atoms with van der Waals surface area (Å²) in [6.07, 6.45) is 8.64. The van der Waals surface area contributed by atoms with Gasteiger partial charge < -0.3 is 20.3 Å². The topological polar surface area (TPSA) is 66.5 Å². The summed E-state index contributed by atoms with van der Waals surface area (Å²) in [4.78, 5) is 19.1. The number of rotatable bonds is 4. The summed E-state index contributed by atoms with van der Waals surface area (Å²) in [7, 11) is 1.58. The number of nitrogens with zero attached hydrogens (tertiary/aromatic N) is 2. The van der Waals surface area contributed by atoms with E-state index < -0.39 is 0 Å². The van der Waals surface area contributed by atoms with Gasteiger partial charge in [0.2, 0.25) is 5.91 Å². The Kier molecular flexibility index (Phi) is 6.62. The number of anilines is 1. The molecule has 2 aliphatic heterocycles. The van der Waals surface area contributed by atoms with Crippen LogP contribution in [0.25, 0.3) is 11.6 Å². The molecule has 1 aromatic carbocycles. The third-order valence-electron chi connectivity index (χ3n) is 5.58. The number of hydrogen-bond donors (Lipinski definition) is 2. The van der Waals surface area contributed by atoms with Gasteiger partial charge in [-0.25, -0.2) is 9.37 Å². The summed E-state index contributed by atoms with van der Waals surface area (Å²) in [5.41, 5.74) is 3.76. The van der Waals surface area contributed by atoms with Crippen molar-refractivity contribution in [2.45, 2.75) is 19.4 Å². The molecule has 0 unspecified atom stereocenters. The van der Waals surface area contributed by atoms with E-state index in [1.54, 1.807) is 25.4 Å². The fourth-order valence-corrected chi connectivity index (χ4v) is 3.94. The lowest BCUT2D eigenvalue weighted by atomic mass is 10.0. The standard InChI is InChI=1S/C24H27FN4O2/c1-31-22-6-5-20(25)14-21(22)18-3-2-11-29(12-8-18)23(30)7-4-17-13-19-16-26-9-10-27-24(19)28-15-17/h3-7,13-15,26H,2,8-12,16H2,1H3,(H,27,28)/b7-4+. The van der Waals surface area contributed by atoms with Crippen LogP contribution < -0.4 is 15.4 Å². The molecule has 3 heterocycles. The predicted octanol–water partition coefficient (Wildman–Crippen LogP) is 3.46. The van der Waals surface area contributed by atoms with Gasteiger partial charge in [-0.15, -0.1) is 0 Å². The monoisotopic (exact) mass is 422 g/mol. The fraction of sp³-hybridized carbons (Fsp3) is 0.333. The Labute approximate surface area is 181 Å². The quantitative estimate of drug-likeness (QED) is 0.739. The molecular weight excluding hydrogens is 395 g/mol.